The lowest BCUT2D eigenvalue weighted by atomic mass is 10.3. The second-order valence-electron chi connectivity index (χ2n) is 3.13. The minimum absolute atomic E-state index is 0.389. The van der Waals surface area contributed by atoms with Crippen molar-refractivity contribution in [3.63, 3.8) is 0 Å². The lowest BCUT2D eigenvalue weighted by molar-refractivity contribution is -0.141. The quantitative estimate of drug-likeness (QED) is 0.642. The minimum atomic E-state index is -0.577. The molecule has 0 radical (unpaired) electrons. The lowest BCUT2D eigenvalue weighted by Crippen LogP contribution is -2.33. The molecule has 4 nitrogen and oxygen atoms in total. The highest BCUT2D eigenvalue weighted by molar-refractivity contribution is 7.98. The van der Waals surface area contributed by atoms with Crippen LogP contribution in [0.15, 0.2) is 18.3 Å². The molecule has 0 fully saturated rings. The van der Waals surface area contributed by atoms with Gasteiger partial charge in [0.15, 0.2) is 0 Å². The van der Waals surface area contributed by atoms with Crippen LogP contribution in [0.25, 0.3) is 0 Å². The monoisotopic (exact) mass is 260 g/mol. The number of esters is 1. The van der Waals surface area contributed by atoms with Gasteiger partial charge in [0, 0.05) is 17.7 Å². The van der Waals surface area contributed by atoms with Gasteiger partial charge in [-0.2, -0.15) is 11.8 Å². The highest BCUT2D eigenvalue weighted by atomic mass is 35.5. The zero-order chi connectivity index (χ0) is 12.0. The molecule has 1 rings (SSSR count). The Morgan fingerprint density at radius 1 is 1.75 bits per heavy atom. The Morgan fingerprint density at radius 2 is 2.50 bits per heavy atom. The molecule has 0 saturated heterocycles. The van der Waals surface area contributed by atoms with E-state index in [2.05, 4.69) is 9.72 Å². The predicted octanol–water partition coefficient (Wildman–Crippen LogP) is 1.47. The number of methoxy groups -OCH3 is 1. The zero-order valence-corrected chi connectivity index (χ0v) is 10.4. The van der Waals surface area contributed by atoms with Gasteiger partial charge in [-0.05, 0) is 17.7 Å². The molecule has 1 aromatic rings. The van der Waals surface area contributed by atoms with Crippen LogP contribution in [0.5, 0.6) is 0 Å². The smallest absolute Gasteiger partial charge is 0.323 e. The van der Waals surface area contributed by atoms with E-state index in [0.29, 0.717) is 10.9 Å². The van der Waals surface area contributed by atoms with Crippen molar-refractivity contribution in [2.45, 2.75) is 11.8 Å². The maximum atomic E-state index is 11.0. The summed E-state index contributed by atoms with van der Waals surface area (Å²) in [4.78, 5) is 14.9. The van der Waals surface area contributed by atoms with Gasteiger partial charge >= 0.3 is 5.97 Å². The Kier molecular flexibility index (Phi) is 5.59. The Hall–Kier alpha value is -0.780. The maximum absolute atomic E-state index is 11.0. The van der Waals surface area contributed by atoms with Crippen LogP contribution in [0, 0.1) is 0 Å². The van der Waals surface area contributed by atoms with E-state index in [1.165, 1.54) is 7.11 Å². The van der Waals surface area contributed by atoms with Gasteiger partial charge in [-0.15, -0.1) is 0 Å². The largest absolute Gasteiger partial charge is 0.468 e. The van der Waals surface area contributed by atoms with Crippen LogP contribution in [0.3, 0.4) is 0 Å². The number of thioether (sulfide) groups is 1. The molecule has 0 spiro atoms. The average molecular weight is 261 g/mol. The van der Waals surface area contributed by atoms with Crippen molar-refractivity contribution in [1.82, 2.24) is 4.98 Å². The molecule has 0 saturated carbocycles. The normalized spacial score (nSPS) is 12.2. The Balaban J connectivity index is 2.33. The number of carbonyl (C=O) groups excluding carboxylic acids is 1. The zero-order valence-electron chi connectivity index (χ0n) is 8.85. The first-order valence-electron chi connectivity index (χ1n) is 4.65. The van der Waals surface area contributed by atoms with Gasteiger partial charge in [0.05, 0.1) is 7.11 Å². The molecule has 0 aliphatic rings. The van der Waals surface area contributed by atoms with Crippen LogP contribution in [0.4, 0.5) is 0 Å². The molecule has 0 amide bonds. The van der Waals surface area contributed by atoms with Crippen molar-refractivity contribution >= 4 is 29.3 Å². The van der Waals surface area contributed by atoms with E-state index in [0.717, 1.165) is 11.3 Å². The minimum Gasteiger partial charge on any atom is -0.468 e. The van der Waals surface area contributed by atoms with Crippen molar-refractivity contribution in [3.05, 3.63) is 29.0 Å². The number of hydrogen-bond acceptors (Lipinski definition) is 5. The fourth-order valence-electron chi connectivity index (χ4n) is 1.06. The summed E-state index contributed by atoms with van der Waals surface area (Å²) in [6.45, 7) is 0. The van der Waals surface area contributed by atoms with E-state index in [4.69, 9.17) is 17.3 Å². The van der Waals surface area contributed by atoms with Crippen LogP contribution < -0.4 is 5.73 Å². The topological polar surface area (TPSA) is 65.2 Å². The third kappa shape index (κ3) is 4.38. The SMILES string of the molecule is COC(=O)C(N)CSCc1ccnc(Cl)c1. The number of carbonyl (C=O) groups is 1. The Bertz CT molecular complexity index is 362. The van der Waals surface area contributed by atoms with Crippen molar-refractivity contribution in [3.8, 4) is 0 Å². The number of ether oxygens (including phenoxy) is 1. The number of pyridine rings is 1. The third-order valence-corrected chi connectivity index (χ3v) is 3.20. The molecule has 1 unspecified atom stereocenters. The predicted molar refractivity (Wildman–Crippen MR) is 65.4 cm³/mol. The lowest BCUT2D eigenvalue weighted by Gasteiger charge is -2.08. The van der Waals surface area contributed by atoms with E-state index >= 15 is 0 Å². The summed E-state index contributed by atoms with van der Waals surface area (Å²) in [5.74, 6) is 0.875. The van der Waals surface area contributed by atoms with E-state index in [1.54, 1.807) is 24.0 Å². The second-order valence-corrected chi connectivity index (χ2v) is 4.55. The van der Waals surface area contributed by atoms with Gasteiger partial charge in [-0.25, -0.2) is 4.98 Å². The molecule has 2 N–H and O–H groups in total. The van der Waals surface area contributed by atoms with Gasteiger partial charge in [-0.3, -0.25) is 4.79 Å². The maximum Gasteiger partial charge on any atom is 0.323 e. The Morgan fingerprint density at radius 3 is 3.12 bits per heavy atom. The van der Waals surface area contributed by atoms with Crippen molar-refractivity contribution in [1.29, 1.82) is 0 Å². The molecule has 1 heterocycles. The molecule has 16 heavy (non-hydrogen) atoms. The molecule has 0 aromatic carbocycles. The van der Waals surface area contributed by atoms with Crippen molar-refractivity contribution in [2.75, 3.05) is 12.9 Å². The standard InChI is InChI=1S/C10H13ClN2O2S/c1-15-10(14)8(12)6-16-5-7-2-3-13-9(11)4-7/h2-4,8H,5-6,12H2,1H3. The fraction of sp³-hybridized carbons (Fsp3) is 0.400. The average Bonchev–Trinajstić information content (AvgIpc) is 2.28. The van der Waals surface area contributed by atoms with Gasteiger partial charge in [0.2, 0.25) is 0 Å². The summed E-state index contributed by atoms with van der Waals surface area (Å²) in [5.41, 5.74) is 6.65. The molecular formula is C10H13ClN2O2S. The fourth-order valence-corrected chi connectivity index (χ4v) is 2.18. The first-order valence-corrected chi connectivity index (χ1v) is 6.18. The Labute approximate surface area is 104 Å². The highest BCUT2D eigenvalue weighted by Crippen LogP contribution is 2.15. The first kappa shape index (κ1) is 13.3. The van der Waals surface area contributed by atoms with Crippen LogP contribution >= 0.6 is 23.4 Å². The number of halogens is 1. The number of nitrogens with zero attached hydrogens (tertiary/aromatic N) is 1. The number of rotatable bonds is 5. The third-order valence-electron chi connectivity index (χ3n) is 1.86. The van der Waals surface area contributed by atoms with Crippen molar-refractivity contribution in [2.24, 2.45) is 5.73 Å². The molecule has 1 aromatic heterocycles. The summed E-state index contributed by atoms with van der Waals surface area (Å²) in [6, 6.07) is 3.09. The second kappa shape index (κ2) is 6.73. The summed E-state index contributed by atoms with van der Waals surface area (Å²) in [7, 11) is 1.33. The summed E-state index contributed by atoms with van der Waals surface area (Å²) >= 11 is 7.29. The molecule has 0 aliphatic carbocycles. The van der Waals surface area contributed by atoms with Gasteiger partial charge < -0.3 is 10.5 Å². The van der Waals surface area contributed by atoms with E-state index in [9.17, 15) is 4.79 Å². The van der Waals surface area contributed by atoms with Crippen LogP contribution in [-0.4, -0.2) is 29.9 Å². The van der Waals surface area contributed by atoms with Gasteiger partial charge in [0.25, 0.3) is 0 Å². The molecule has 0 aliphatic heterocycles. The molecule has 0 bridgehead atoms. The van der Waals surface area contributed by atoms with E-state index in [1.807, 2.05) is 6.07 Å². The summed E-state index contributed by atoms with van der Waals surface area (Å²) in [6.07, 6.45) is 1.65. The first-order chi connectivity index (χ1) is 7.63. The summed E-state index contributed by atoms with van der Waals surface area (Å²) < 4.78 is 4.53. The van der Waals surface area contributed by atoms with Crippen molar-refractivity contribution < 1.29 is 9.53 Å². The van der Waals surface area contributed by atoms with Gasteiger partial charge in [0.1, 0.15) is 11.2 Å². The van der Waals surface area contributed by atoms with Gasteiger partial charge in [-0.1, -0.05) is 11.6 Å². The highest BCUT2D eigenvalue weighted by Gasteiger charge is 2.13. The number of hydrogen-bond donors (Lipinski definition) is 1. The molecule has 1 atom stereocenters. The van der Waals surface area contributed by atoms with Crippen LogP contribution in [0.2, 0.25) is 5.15 Å². The number of nitrogens with two attached hydrogens (primary N) is 1. The molecular weight excluding hydrogens is 248 g/mol. The van der Waals surface area contributed by atoms with Crippen LogP contribution in [-0.2, 0) is 15.3 Å². The molecule has 6 heteroatoms. The van der Waals surface area contributed by atoms with E-state index in [-0.39, 0.29) is 5.97 Å². The van der Waals surface area contributed by atoms with E-state index < -0.39 is 6.04 Å². The van der Waals surface area contributed by atoms with Crippen LogP contribution in [0.1, 0.15) is 5.56 Å². The molecule has 88 valence electrons. The number of aromatic nitrogens is 1. The summed E-state index contributed by atoms with van der Waals surface area (Å²) in [5, 5.41) is 0.468.